The van der Waals surface area contributed by atoms with Gasteiger partial charge < -0.3 is 14.9 Å². The average molecular weight is 469 g/mol. The number of carboxylic acids is 1. The van der Waals surface area contributed by atoms with Crippen LogP contribution in [0.4, 0.5) is 5.82 Å². The number of aliphatic carboxylic acids is 1. The largest absolute Gasteiger partial charge is 0.481 e. The molecule has 3 heterocycles. The quantitative estimate of drug-likeness (QED) is 0.321. The van der Waals surface area contributed by atoms with E-state index in [9.17, 15) is 9.59 Å². The van der Waals surface area contributed by atoms with Gasteiger partial charge in [0.15, 0.2) is 5.16 Å². The Hall–Kier alpha value is -2.91. The Morgan fingerprint density at radius 1 is 1.16 bits per heavy atom. The summed E-state index contributed by atoms with van der Waals surface area (Å²) in [5, 5.41) is 10.5. The van der Waals surface area contributed by atoms with Gasteiger partial charge in [-0.2, -0.15) is 0 Å². The third-order valence-corrected chi connectivity index (χ3v) is 7.19. The second-order valence-electron chi connectivity index (χ2n) is 7.35. The Kier molecular flexibility index (Phi) is 7.06. The van der Waals surface area contributed by atoms with Gasteiger partial charge in [0, 0.05) is 37.1 Å². The highest BCUT2D eigenvalue weighted by atomic mass is 32.2. The number of rotatable bonds is 7. The van der Waals surface area contributed by atoms with Gasteiger partial charge in [0.05, 0.1) is 11.1 Å². The molecule has 0 aliphatic carbocycles. The molecule has 0 atom stereocenters. The monoisotopic (exact) mass is 468 g/mol. The predicted molar refractivity (Wildman–Crippen MR) is 129 cm³/mol. The third-order valence-electron chi connectivity index (χ3n) is 5.19. The Morgan fingerprint density at radius 3 is 2.59 bits per heavy atom. The van der Waals surface area contributed by atoms with Crippen LogP contribution in [0.1, 0.15) is 17.4 Å². The first-order valence-electron chi connectivity index (χ1n) is 10.5. The summed E-state index contributed by atoms with van der Waals surface area (Å²) in [6, 6.07) is 11.9. The number of fused-ring (bicyclic) bond motifs is 1. The molecule has 166 valence electrons. The fourth-order valence-electron chi connectivity index (χ4n) is 3.52. The minimum atomic E-state index is -0.892. The molecule has 1 aliphatic rings. The van der Waals surface area contributed by atoms with E-state index in [4.69, 9.17) is 10.1 Å². The van der Waals surface area contributed by atoms with Gasteiger partial charge in [0.2, 0.25) is 5.91 Å². The number of anilines is 1. The standard InChI is InChI=1S/C23H24N4O3S2/c1-2-17-14-18-21(24-23(25-22(18)32-17)31-15-20(29)30)27-12-10-26(11-13-27)19(28)9-8-16-6-4-3-5-7-16/h3-9,14H,2,10-13,15H2,1H3,(H,29,30)/b9-8+. The molecular formula is C23H24N4O3S2. The molecule has 0 radical (unpaired) electrons. The fourth-order valence-corrected chi connectivity index (χ4v) is 5.10. The van der Waals surface area contributed by atoms with Crippen molar-refractivity contribution in [2.75, 3.05) is 36.8 Å². The number of aromatic nitrogens is 2. The molecule has 4 rings (SSSR count). The number of hydrogen-bond acceptors (Lipinski definition) is 7. The van der Waals surface area contributed by atoms with Crippen LogP contribution < -0.4 is 4.90 Å². The van der Waals surface area contributed by atoms with Crippen molar-refractivity contribution in [2.45, 2.75) is 18.5 Å². The molecule has 32 heavy (non-hydrogen) atoms. The maximum absolute atomic E-state index is 12.6. The van der Waals surface area contributed by atoms with Crippen LogP contribution in [-0.4, -0.2) is 63.8 Å². The molecule has 0 saturated carbocycles. The lowest BCUT2D eigenvalue weighted by Gasteiger charge is -2.35. The number of carbonyl (C=O) groups excluding carboxylic acids is 1. The van der Waals surface area contributed by atoms with Gasteiger partial charge >= 0.3 is 5.97 Å². The molecule has 2 aromatic heterocycles. The number of thiophene rings is 1. The molecule has 1 aromatic carbocycles. The van der Waals surface area contributed by atoms with Gasteiger partial charge in [-0.05, 0) is 24.1 Å². The van der Waals surface area contributed by atoms with Crippen LogP contribution in [0.25, 0.3) is 16.3 Å². The number of amides is 1. The number of carboxylic acid groups (broad SMARTS) is 1. The second-order valence-corrected chi connectivity index (χ2v) is 9.41. The first kappa shape index (κ1) is 22.3. The van der Waals surface area contributed by atoms with E-state index in [1.54, 1.807) is 17.4 Å². The van der Waals surface area contributed by atoms with Crippen LogP contribution in [0.2, 0.25) is 0 Å². The molecular weight excluding hydrogens is 444 g/mol. The molecule has 7 nitrogen and oxygen atoms in total. The zero-order valence-corrected chi connectivity index (χ0v) is 19.4. The van der Waals surface area contributed by atoms with E-state index in [0.717, 1.165) is 39.8 Å². The first-order chi connectivity index (χ1) is 15.5. The Morgan fingerprint density at radius 2 is 1.91 bits per heavy atom. The lowest BCUT2D eigenvalue weighted by atomic mass is 10.2. The normalized spacial score (nSPS) is 14.4. The summed E-state index contributed by atoms with van der Waals surface area (Å²) in [5.41, 5.74) is 0.999. The van der Waals surface area contributed by atoms with Gasteiger partial charge in [0.25, 0.3) is 0 Å². The van der Waals surface area contributed by atoms with Crippen LogP contribution in [0.15, 0.2) is 47.6 Å². The van der Waals surface area contributed by atoms with Crippen molar-refractivity contribution in [2.24, 2.45) is 0 Å². The number of nitrogens with zero attached hydrogens (tertiary/aromatic N) is 4. The molecule has 1 saturated heterocycles. The van der Waals surface area contributed by atoms with Gasteiger partial charge in [-0.3, -0.25) is 9.59 Å². The van der Waals surface area contributed by atoms with Crippen molar-refractivity contribution in [3.05, 3.63) is 52.9 Å². The molecule has 1 fully saturated rings. The molecule has 9 heteroatoms. The first-order valence-corrected chi connectivity index (χ1v) is 12.3. The minimum Gasteiger partial charge on any atom is -0.481 e. The highest BCUT2D eigenvalue weighted by molar-refractivity contribution is 7.99. The summed E-state index contributed by atoms with van der Waals surface area (Å²) in [6.45, 7) is 4.64. The van der Waals surface area contributed by atoms with E-state index in [-0.39, 0.29) is 11.7 Å². The van der Waals surface area contributed by atoms with E-state index in [1.165, 1.54) is 4.88 Å². The summed E-state index contributed by atoms with van der Waals surface area (Å²) in [4.78, 5) is 39.0. The number of benzene rings is 1. The highest BCUT2D eigenvalue weighted by Crippen LogP contribution is 2.33. The summed E-state index contributed by atoms with van der Waals surface area (Å²) < 4.78 is 0. The Bertz CT molecular complexity index is 1140. The van der Waals surface area contributed by atoms with Gasteiger partial charge in [-0.25, -0.2) is 9.97 Å². The van der Waals surface area contributed by atoms with E-state index < -0.39 is 5.97 Å². The lowest BCUT2D eigenvalue weighted by molar-refractivity contribution is -0.134. The maximum Gasteiger partial charge on any atom is 0.313 e. The summed E-state index contributed by atoms with van der Waals surface area (Å²) >= 11 is 2.75. The van der Waals surface area contributed by atoms with E-state index in [1.807, 2.05) is 41.3 Å². The second kappa shape index (κ2) is 10.1. The van der Waals surface area contributed by atoms with Crippen molar-refractivity contribution in [3.8, 4) is 0 Å². The van der Waals surface area contributed by atoms with Crippen LogP contribution in [0.5, 0.6) is 0 Å². The van der Waals surface area contributed by atoms with Crippen molar-refractivity contribution >= 4 is 57.1 Å². The topological polar surface area (TPSA) is 86.6 Å². The SMILES string of the molecule is CCc1cc2c(N3CCN(C(=O)/C=C/c4ccccc4)CC3)nc(SCC(=O)O)nc2s1. The molecule has 1 N–H and O–H groups in total. The predicted octanol–water partition coefficient (Wildman–Crippen LogP) is 3.79. The Labute approximate surface area is 194 Å². The van der Waals surface area contributed by atoms with Gasteiger partial charge in [0.1, 0.15) is 10.6 Å². The van der Waals surface area contributed by atoms with Crippen molar-refractivity contribution in [3.63, 3.8) is 0 Å². The van der Waals surface area contributed by atoms with Crippen LogP contribution in [-0.2, 0) is 16.0 Å². The van der Waals surface area contributed by atoms with Crippen LogP contribution >= 0.6 is 23.1 Å². The van der Waals surface area contributed by atoms with E-state index in [0.29, 0.717) is 31.3 Å². The number of thioether (sulfide) groups is 1. The minimum absolute atomic E-state index is 0.00263. The molecule has 0 spiro atoms. The summed E-state index contributed by atoms with van der Waals surface area (Å²) in [7, 11) is 0. The lowest BCUT2D eigenvalue weighted by Crippen LogP contribution is -2.48. The van der Waals surface area contributed by atoms with Gasteiger partial charge in [-0.1, -0.05) is 49.0 Å². The van der Waals surface area contributed by atoms with E-state index in [2.05, 4.69) is 22.9 Å². The summed E-state index contributed by atoms with van der Waals surface area (Å²) in [5.74, 6) is -0.141. The highest BCUT2D eigenvalue weighted by Gasteiger charge is 2.24. The van der Waals surface area contributed by atoms with Crippen LogP contribution in [0, 0.1) is 0 Å². The van der Waals surface area contributed by atoms with Crippen molar-refractivity contribution < 1.29 is 14.7 Å². The summed E-state index contributed by atoms with van der Waals surface area (Å²) in [6.07, 6.45) is 4.38. The third kappa shape index (κ3) is 5.28. The Balaban J connectivity index is 1.49. The number of carbonyl (C=O) groups is 2. The van der Waals surface area contributed by atoms with Crippen molar-refractivity contribution in [1.82, 2.24) is 14.9 Å². The number of hydrogen-bond donors (Lipinski definition) is 1. The van der Waals surface area contributed by atoms with Crippen LogP contribution in [0.3, 0.4) is 0 Å². The average Bonchev–Trinajstić information content (AvgIpc) is 3.25. The maximum atomic E-state index is 12.6. The van der Waals surface area contributed by atoms with Crippen molar-refractivity contribution in [1.29, 1.82) is 0 Å². The molecule has 1 aliphatic heterocycles. The number of aryl methyl sites for hydroxylation is 1. The zero-order valence-electron chi connectivity index (χ0n) is 17.7. The smallest absolute Gasteiger partial charge is 0.313 e. The molecule has 0 bridgehead atoms. The fraction of sp³-hybridized carbons (Fsp3) is 0.304. The molecule has 3 aromatic rings. The number of piperazine rings is 1. The zero-order chi connectivity index (χ0) is 22.5. The molecule has 0 unspecified atom stereocenters. The van der Waals surface area contributed by atoms with Gasteiger partial charge in [-0.15, -0.1) is 11.3 Å². The molecule has 1 amide bonds. The van der Waals surface area contributed by atoms with E-state index >= 15 is 0 Å².